The molecule has 5 heteroatoms. The number of hydrogen-bond acceptors (Lipinski definition) is 4. The molecule has 5 nitrogen and oxygen atoms in total. The maximum atomic E-state index is 10.4. The molecule has 1 aliphatic carbocycles. The van der Waals surface area contributed by atoms with Crippen molar-refractivity contribution in [2.24, 2.45) is 5.92 Å². The standard InChI is InChI=1S/C12H18N2O3/c1-9-2-4-10(5-3-9)13-8-11-6-7-12(17-11)14(15)16/h6-7,9-10,13H,2-5,8H2,1H3. The van der Waals surface area contributed by atoms with Gasteiger partial charge in [-0.2, -0.15) is 0 Å². The van der Waals surface area contributed by atoms with Crippen LogP contribution < -0.4 is 5.32 Å². The lowest BCUT2D eigenvalue weighted by atomic mass is 9.87. The molecule has 0 radical (unpaired) electrons. The fourth-order valence-corrected chi connectivity index (χ4v) is 2.27. The molecular formula is C12H18N2O3. The molecule has 1 heterocycles. The highest BCUT2D eigenvalue weighted by molar-refractivity contribution is 5.17. The Morgan fingerprint density at radius 2 is 2.12 bits per heavy atom. The second-order valence-corrected chi connectivity index (χ2v) is 4.83. The number of furan rings is 1. The van der Waals surface area contributed by atoms with Crippen molar-refractivity contribution in [1.82, 2.24) is 5.32 Å². The molecule has 94 valence electrons. The molecule has 0 amide bonds. The van der Waals surface area contributed by atoms with Gasteiger partial charge in [0.25, 0.3) is 0 Å². The Bertz CT molecular complexity index is 381. The van der Waals surface area contributed by atoms with Gasteiger partial charge in [-0.05, 0) is 37.7 Å². The van der Waals surface area contributed by atoms with Crippen LogP contribution in [0.1, 0.15) is 38.4 Å². The Morgan fingerprint density at radius 3 is 2.71 bits per heavy atom. The quantitative estimate of drug-likeness (QED) is 0.647. The van der Waals surface area contributed by atoms with Gasteiger partial charge in [0.05, 0.1) is 12.6 Å². The van der Waals surface area contributed by atoms with Crippen LogP contribution in [0, 0.1) is 16.0 Å². The lowest BCUT2D eigenvalue weighted by Gasteiger charge is -2.26. The van der Waals surface area contributed by atoms with Crippen LogP contribution in [0.3, 0.4) is 0 Å². The largest absolute Gasteiger partial charge is 0.433 e. The van der Waals surface area contributed by atoms with Gasteiger partial charge in [0.1, 0.15) is 10.7 Å². The highest BCUT2D eigenvalue weighted by atomic mass is 16.6. The molecule has 1 aromatic heterocycles. The van der Waals surface area contributed by atoms with E-state index in [1.807, 2.05) is 0 Å². The Labute approximate surface area is 100 Å². The molecule has 1 fully saturated rings. The van der Waals surface area contributed by atoms with E-state index in [0.717, 1.165) is 5.92 Å². The Kier molecular flexibility index (Phi) is 3.78. The summed E-state index contributed by atoms with van der Waals surface area (Å²) < 4.78 is 5.10. The summed E-state index contributed by atoms with van der Waals surface area (Å²) in [5.74, 6) is 1.28. The predicted octanol–water partition coefficient (Wildman–Crippen LogP) is 2.86. The van der Waals surface area contributed by atoms with Crippen LogP contribution in [0.4, 0.5) is 5.88 Å². The molecule has 1 aromatic rings. The Morgan fingerprint density at radius 1 is 1.41 bits per heavy atom. The highest BCUT2D eigenvalue weighted by Crippen LogP contribution is 2.24. The lowest BCUT2D eigenvalue weighted by Crippen LogP contribution is -2.32. The van der Waals surface area contributed by atoms with E-state index in [0.29, 0.717) is 18.3 Å². The van der Waals surface area contributed by atoms with Crippen molar-refractivity contribution in [3.05, 3.63) is 28.0 Å². The molecule has 0 spiro atoms. The van der Waals surface area contributed by atoms with Crippen LogP contribution in [0.2, 0.25) is 0 Å². The summed E-state index contributed by atoms with van der Waals surface area (Å²) >= 11 is 0. The zero-order valence-corrected chi connectivity index (χ0v) is 10.0. The van der Waals surface area contributed by atoms with E-state index < -0.39 is 4.92 Å². The van der Waals surface area contributed by atoms with Crippen molar-refractivity contribution in [2.45, 2.75) is 45.2 Å². The summed E-state index contributed by atoms with van der Waals surface area (Å²) in [6.07, 6.45) is 4.89. The van der Waals surface area contributed by atoms with Crippen LogP contribution in [-0.4, -0.2) is 11.0 Å². The summed E-state index contributed by atoms with van der Waals surface area (Å²) in [4.78, 5) is 9.94. The fourth-order valence-electron chi connectivity index (χ4n) is 2.27. The van der Waals surface area contributed by atoms with E-state index in [1.165, 1.54) is 31.7 Å². The van der Waals surface area contributed by atoms with Gasteiger partial charge < -0.3 is 9.73 Å². The molecule has 0 aliphatic heterocycles. The third kappa shape index (κ3) is 3.30. The van der Waals surface area contributed by atoms with Crippen molar-refractivity contribution in [3.8, 4) is 0 Å². The normalized spacial score (nSPS) is 24.8. The van der Waals surface area contributed by atoms with Gasteiger partial charge in [-0.25, -0.2) is 0 Å². The van der Waals surface area contributed by atoms with Gasteiger partial charge in [-0.15, -0.1) is 0 Å². The predicted molar refractivity (Wildman–Crippen MR) is 63.6 cm³/mol. The first-order chi connectivity index (χ1) is 8.15. The molecular weight excluding hydrogens is 220 g/mol. The Balaban J connectivity index is 1.79. The van der Waals surface area contributed by atoms with E-state index in [-0.39, 0.29) is 5.88 Å². The van der Waals surface area contributed by atoms with Crippen molar-refractivity contribution < 1.29 is 9.34 Å². The number of nitro groups is 1. The summed E-state index contributed by atoms with van der Waals surface area (Å²) in [6, 6.07) is 3.59. The van der Waals surface area contributed by atoms with Crippen molar-refractivity contribution in [3.63, 3.8) is 0 Å². The molecule has 2 rings (SSSR count). The molecule has 0 bridgehead atoms. The van der Waals surface area contributed by atoms with Crippen LogP contribution in [0.25, 0.3) is 0 Å². The molecule has 1 aliphatic rings. The smallest absolute Gasteiger partial charge is 0.404 e. The molecule has 0 unspecified atom stereocenters. The monoisotopic (exact) mass is 238 g/mol. The first-order valence-corrected chi connectivity index (χ1v) is 6.11. The Hall–Kier alpha value is -1.36. The molecule has 0 atom stereocenters. The zero-order chi connectivity index (χ0) is 12.3. The summed E-state index contributed by atoms with van der Waals surface area (Å²) in [5.41, 5.74) is 0. The van der Waals surface area contributed by atoms with Gasteiger partial charge in [0.2, 0.25) is 0 Å². The van der Waals surface area contributed by atoms with Gasteiger partial charge in [0, 0.05) is 6.04 Å². The van der Waals surface area contributed by atoms with Crippen molar-refractivity contribution in [1.29, 1.82) is 0 Å². The molecule has 1 saturated carbocycles. The van der Waals surface area contributed by atoms with E-state index in [4.69, 9.17) is 4.42 Å². The second-order valence-electron chi connectivity index (χ2n) is 4.83. The molecule has 1 N–H and O–H groups in total. The maximum absolute atomic E-state index is 10.4. The van der Waals surface area contributed by atoms with Gasteiger partial charge in [-0.3, -0.25) is 10.1 Å². The first kappa shape index (κ1) is 12.1. The minimum absolute atomic E-state index is 0.181. The fraction of sp³-hybridized carbons (Fsp3) is 0.667. The van der Waals surface area contributed by atoms with E-state index in [2.05, 4.69) is 12.2 Å². The third-order valence-corrected chi connectivity index (χ3v) is 3.41. The van der Waals surface area contributed by atoms with Gasteiger partial charge >= 0.3 is 5.88 Å². The van der Waals surface area contributed by atoms with Crippen molar-refractivity contribution >= 4 is 5.88 Å². The van der Waals surface area contributed by atoms with E-state index in [9.17, 15) is 10.1 Å². The summed E-state index contributed by atoms with van der Waals surface area (Å²) in [5, 5.41) is 13.8. The maximum Gasteiger partial charge on any atom is 0.433 e. The average Bonchev–Trinajstić information content (AvgIpc) is 2.77. The number of rotatable bonds is 4. The van der Waals surface area contributed by atoms with Crippen LogP contribution in [0.5, 0.6) is 0 Å². The highest BCUT2D eigenvalue weighted by Gasteiger charge is 2.18. The second kappa shape index (κ2) is 5.31. The van der Waals surface area contributed by atoms with Gasteiger partial charge in [-0.1, -0.05) is 6.92 Å². The summed E-state index contributed by atoms with van der Waals surface area (Å²) in [6.45, 7) is 2.86. The number of nitrogens with one attached hydrogen (secondary N) is 1. The lowest BCUT2D eigenvalue weighted by molar-refractivity contribution is -0.402. The van der Waals surface area contributed by atoms with Gasteiger partial charge in [0.15, 0.2) is 0 Å². The zero-order valence-electron chi connectivity index (χ0n) is 10.0. The topological polar surface area (TPSA) is 68.3 Å². The van der Waals surface area contributed by atoms with Crippen LogP contribution >= 0.6 is 0 Å². The van der Waals surface area contributed by atoms with Crippen molar-refractivity contribution in [2.75, 3.05) is 0 Å². The molecule has 0 aromatic carbocycles. The minimum Gasteiger partial charge on any atom is -0.404 e. The summed E-state index contributed by atoms with van der Waals surface area (Å²) in [7, 11) is 0. The molecule has 17 heavy (non-hydrogen) atoms. The van der Waals surface area contributed by atoms with E-state index in [1.54, 1.807) is 6.07 Å². The number of nitrogens with zero attached hydrogens (tertiary/aromatic N) is 1. The number of hydrogen-bond donors (Lipinski definition) is 1. The van der Waals surface area contributed by atoms with Crippen LogP contribution in [-0.2, 0) is 6.54 Å². The van der Waals surface area contributed by atoms with Crippen LogP contribution in [0.15, 0.2) is 16.5 Å². The minimum atomic E-state index is -0.508. The third-order valence-electron chi connectivity index (χ3n) is 3.41. The van der Waals surface area contributed by atoms with E-state index >= 15 is 0 Å². The first-order valence-electron chi connectivity index (χ1n) is 6.11. The SMILES string of the molecule is CC1CCC(NCc2ccc([N+](=O)[O-])o2)CC1. The average molecular weight is 238 g/mol. The molecule has 0 saturated heterocycles.